The van der Waals surface area contributed by atoms with Gasteiger partial charge in [0.15, 0.2) is 0 Å². The van der Waals surface area contributed by atoms with Gasteiger partial charge in [0, 0.05) is 0 Å². The van der Waals surface area contributed by atoms with E-state index in [4.69, 9.17) is 9.47 Å². The molecule has 0 radical (unpaired) electrons. The number of nitrogens with zero attached hydrogens (tertiary/aromatic N) is 2. The maximum Gasteiger partial charge on any atom is 0.274 e. The van der Waals surface area contributed by atoms with E-state index in [2.05, 4.69) is 4.98 Å². The topological polar surface area (TPSA) is 68.7 Å². The first-order valence-electron chi connectivity index (χ1n) is 6.02. The van der Waals surface area contributed by atoms with Crippen LogP contribution < -0.4 is 9.47 Å². The number of benzene rings is 1. The molecule has 1 aromatic heterocycles. The second-order valence-corrected chi connectivity index (χ2v) is 7.58. The van der Waals surface area contributed by atoms with Gasteiger partial charge in [-0.2, -0.15) is 9.29 Å². The molecule has 1 aliphatic heterocycles. The van der Waals surface area contributed by atoms with E-state index in [1.54, 1.807) is 7.11 Å². The normalized spacial score (nSPS) is 17.1. The van der Waals surface area contributed by atoms with Crippen LogP contribution in [0, 0.1) is 0 Å². The highest BCUT2D eigenvalue weighted by molar-refractivity contribution is 7.88. The predicted octanol–water partition coefficient (Wildman–Crippen LogP) is 1.33. The molecule has 0 unspecified atom stereocenters. The minimum atomic E-state index is -3.11. The quantitative estimate of drug-likeness (QED) is 0.851. The Hall–Kier alpha value is -1.38. The maximum atomic E-state index is 11.3. The Kier molecular flexibility index (Phi) is 3.31. The lowest BCUT2D eigenvalue weighted by atomic mass is 10.2. The van der Waals surface area contributed by atoms with Crippen molar-refractivity contribution in [3.8, 4) is 10.9 Å². The van der Waals surface area contributed by atoms with Crippen LogP contribution in [0.2, 0.25) is 0 Å². The van der Waals surface area contributed by atoms with Crippen molar-refractivity contribution in [3.05, 3.63) is 18.2 Å². The Labute approximate surface area is 121 Å². The molecule has 6 nitrogen and oxygen atoms in total. The van der Waals surface area contributed by atoms with Crippen molar-refractivity contribution in [1.82, 2.24) is 9.29 Å². The van der Waals surface area contributed by atoms with Gasteiger partial charge in [-0.05, 0) is 12.1 Å². The van der Waals surface area contributed by atoms with E-state index in [9.17, 15) is 8.42 Å². The lowest BCUT2D eigenvalue weighted by Crippen LogP contribution is -2.55. The minimum absolute atomic E-state index is 0.128. The summed E-state index contributed by atoms with van der Waals surface area (Å²) in [6.45, 7) is 0.762. The molecule has 8 heteroatoms. The molecule has 0 aliphatic carbocycles. The molecule has 0 bridgehead atoms. The number of fused-ring (bicyclic) bond motifs is 1. The molecule has 20 heavy (non-hydrogen) atoms. The third-order valence-corrected chi connectivity index (χ3v) is 5.28. The van der Waals surface area contributed by atoms with Gasteiger partial charge in [-0.15, -0.1) is 0 Å². The summed E-state index contributed by atoms with van der Waals surface area (Å²) >= 11 is 1.43. The van der Waals surface area contributed by atoms with Gasteiger partial charge in [0.1, 0.15) is 17.4 Å². The highest BCUT2D eigenvalue weighted by atomic mass is 32.2. The summed E-state index contributed by atoms with van der Waals surface area (Å²) in [6.07, 6.45) is 1.07. The van der Waals surface area contributed by atoms with Crippen LogP contribution in [0.3, 0.4) is 0 Å². The van der Waals surface area contributed by atoms with Crippen LogP contribution in [-0.2, 0) is 10.0 Å². The molecule has 0 amide bonds. The summed E-state index contributed by atoms with van der Waals surface area (Å²) in [6, 6.07) is 5.70. The SMILES string of the molecule is COc1cccc2sc(OC3CN(S(C)(=O)=O)C3)nc12. The Morgan fingerprint density at radius 2 is 2.15 bits per heavy atom. The highest BCUT2D eigenvalue weighted by Crippen LogP contribution is 2.34. The lowest BCUT2D eigenvalue weighted by molar-refractivity contribution is 0.0766. The van der Waals surface area contributed by atoms with Crippen molar-refractivity contribution in [3.63, 3.8) is 0 Å². The summed E-state index contributed by atoms with van der Waals surface area (Å²) in [5.41, 5.74) is 0.772. The molecular weight excluding hydrogens is 300 g/mol. The van der Waals surface area contributed by atoms with Gasteiger partial charge in [0.05, 0.1) is 31.2 Å². The second-order valence-electron chi connectivity index (χ2n) is 4.61. The first kappa shape index (κ1) is 13.6. The maximum absolute atomic E-state index is 11.3. The third-order valence-electron chi connectivity index (χ3n) is 3.13. The molecule has 2 aromatic rings. The van der Waals surface area contributed by atoms with Crippen molar-refractivity contribution in [2.75, 3.05) is 26.5 Å². The van der Waals surface area contributed by atoms with Gasteiger partial charge in [0.25, 0.3) is 5.19 Å². The van der Waals surface area contributed by atoms with Crippen molar-refractivity contribution >= 4 is 31.6 Å². The summed E-state index contributed by atoms with van der Waals surface area (Å²) < 4.78 is 35.9. The number of sulfonamides is 1. The molecule has 1 fully saturated rings. The van der Waals surface area contributed by atoms with Crippen molar-refractivity contribution in [2.45, 2.75) is 6.10 Å². The van der Waals surface area contributed by atoms with E-state index in [0.717, 1.165) is 10.2 Å². The molecule has 3 rings (SSSR count). The zero-order valence-corrected chi connectivity index (χ0v) is 12.7. The first-order valence-corrected chi connectivity index (χ1v) is 8.69. The summed E-state index contributed by atoms with van der Waals surface area (Å²) in [5.74, 6) is 0.708. The van der Waals surface area contributed by atoms with Crippen LogP contribution in [0.25, 0.3) is 10.2 Å². The fraction of sp³-hybridized carbons (Fsp3) is 0.417. The van der Waals surface area contributed by atoms with E-state index in [-0.39, 0.29) is 6.10 Å². The molecule has 1 aliphatic rings. The zero-order chi connectivity index (χ0) is 14.3. The molecule has 0 spiro atoms. The molecule has 1 saturated heterocycles. The first-order chi connectivity index (χ1) is 9.47. The number of hydrogen-bond acceptors (Lipinski definition) is 6. The molecular formula is C12H14N2O4S2. The number of aromatic nitrogens is 1. The van der Waals surface area contributed by atoms with E-state index in [1.165, 1.54) is 21.9 Å². The largest absolute Gasteiger partial charge is 0.494 e. The average molecular weight is 314 g/mol. The number of ether oxygens (including phenoxy) is 2. The smallest absolute Gasteiger partial charge is 0.274 e. The van der Waals surface area contributed by atoms with E-state index >= 15 is 0 Å². The van der Waals surface area contributed by atoms with Crippen molar-refractivity contribution in [1.29, 1.82) is 0 Å². The standard InChI is InChI=1S/C12H14N2O4S2/c1-17-9-4-3-5-10-11(9)13-12(19-10)18-8-6-14(7-8)20(2,15)16/h3-5,8H,6-7H2,1-2H3. The third kappa shape index (κ3) is 2.46. The van der Waals surface area contributed by atoms with Gasteiger partial charge in [-0.1, -0.05) is 17.4 Å². The minimum Gasteiger partial charge on any atom is -0.494 e. The second kappa shape index (κ2) is 4.87. The molecule has 0 atom stereocenters. The van der Waals surface area contributed by atoms with Crippen molar-refractivity contribution < 1.29 is 17.9 Å². The monoisotopic (exact) mass is 314 g/mol. The van der Waals surface area contributed by atoms with Crippen LogP contribution >= 0.6 is 11.3 Å². The molecule has 0 N–H and O–H groups in total. The van der Waals surface area contributed by atoms with Gasteiger partial charge in [-0.25, -0.2) is 8.42 Å². The zero-order valence-electron chi connectivity index (χ0n) is 11.1. The highest BCUT2D eigenvalue weighted by Gasteiger charge is 2.35. The predicted molar refractivity (Wildman–Crippen MR) is 77.0 cm³/mol. The van der Waals surface area contributed by atoms with E-state index < -0.39 is 10.0 Å². The summed E-state index contributed by atoms with van der Waals surface area (Å²) in [7, 11) is -1.51. The van der Waals surface area contributed by atoms with E-state index in [1.807, 2.05) is 18.2 Å². The van der Waals surface area contributed by atoms with Gasteiger partial charge in [-0.3, -0.25) is 0 Å². The van der Waals surface area contributed by atoms with Crippen LogP contribution in [0.15, 0.2) is 18.2 Å². The average Bonchev–Trinajstić information content (AvgIpc) is 2.73. The van der Waals surface area contributed by atoms with Crippen LogP contribution in [0.5, 0.6) is 10.9 Å². The summed E-state index contributed by atoms with van der Waals surface area (Å²) in [5, 5.41) is 0.544. The lowest BCUT2D eigenvalue weighted by Gasteiger charge is -2.36. The van der Waals surface area contributed by atoms with Crippen LogP contribution in [0.1, 0.15) is 0 Å². The van der Waals surface area contributed by atoms with Crippen LogP contribution in [0.4, 0.5) is 0 Å². The van der Waals surface area contributed by atoms with Crippen molar-refractivity contribution in [2.24, 2.45) is 0 Å². The van der Waals surface area contributed by atoms with Crippen LogP contribution in [-0.4, -0.2) is 50.3 Å². The molecule has 2 heterocycles. The molecule has 0 saturated carbocycles. The van der Waals surface area contributed by atoms with Gasteiger partial charge in [0.2, 0.25) is 10.0 Å². The van der Waals surface area contributed by atoms with E-state index in [0.29, 0.717) is 24.0 Å². The molecule has 1 aromatic carbocycles. The van der Waals surface area contributed by atoms with Gasteiger partial charge >= 0.3 is 0 Å². The molecule has 108 valence electrons. The Morgan fingerprint density at radius 3 is 2.80 bits per heavy atom. The fourth-order valence-corrected chi connectivity index (χ4v) is 3.78. The number of para-hydroxylation sites is 1. The number of thiazole rings is 1. The van der Waals surface area contributed by atoms with Gasteiger partial charge < -0.3 is 9.47 Å². The summed E-state index contributed by atoms with van der Waals surface area (Å²) in [4.78, 5) is 4.40. The number of hydrogen-bond donors (Lipinski definition) is 0. The number of methoxy groups -OCH3 is 1. The fourth-order valence-electron chi connectivity index (χ4n) is 2.01. The Morgan fingerprint density at radius 1 is 1.40 bits per heavy atom. The number of rotatable bonds is 4. The Balaban J connectivity index is 1.74. The Bertz CT molecular complexity index is 735.